The number of halogens is 1. The Kier molecular flexibility index (Phi) is 6.17. The lowest BCUT2D eigenvalue weighted by molar-refractivity contribution is 0.295. The molecule has 0 radical (unpaired) electrons. The van der Waals surface area contributed by atoms with E-state index < -0.39 is 0 Å². The van der Waals surface area contributed by atoms with Crippen LogP contribution in [-0.4, -0.2) is 23.3 Å². The molecule has 2 rings (SSSR count). The Hall–Kier alpha value is -0.0600. The molecule has 1 fully saturated rings. The molecule has 1 heterocycles. The molecule has 3 unspecified atom stereocenters. The number of pyridine rings is 1. The Morgan fingerprint density at radius 2 is 2.32 bits per heavy atom. The van der Waals surface area contributed by atoms with E-state index in [4.69, 9.17) is 0 Å². The van der Waals surface area contributed by atoms with Crippen molar-refractivity contribution in [3.05, 3.63) is 22.8 Å². The van der Waals surface area contributed by atoms with Crippen LogP contribution in [0.25, 0.3) is 0 Å². The van der Waals surface area contributed by atoms with Gasteiger partial charge < -0.3 is 5.32 Å². The van der Waals surface area contributed by atoms with Crippen molar-refractivity contribution < 1.29 is 0 Å². The zero-order valence-corrected chi connectivity index (χ0v) is 14.1. The van der Waals surface area contributed by atoms with Crippen LogP contribution in [0.15, 0.2) is 27.8 Å². The minimum Gasteiger partial charge on any atom is -0.316 e. The van der Waals surface area contributed by atoms with Gasteiger partial charge in [-0.05, 0) is 60.3 Å². The fourth-order valence-corrected chi connectivity index (χ4v) is 4.87. The van der Waals surface area contributed by atoms with Crippen molar-refractivity contribution in [1.29, 1.82) is 0 Å². The van der Waals surface area contributed by atoms with Crippen molar-refractivity contribution in [2.75, 3.05) is 7.05 Å². The third-order valence-electron chi connectivity index (χ3n) is 3.96. The second-order valence-corrected chi connectivity index (χ2v) is 7.39. The summed E-state index contributed by atoms with van der Waals surface area (Å²) < 4.78 is 1.12. The standard InChI is InChI=1S/C15H23BrN2S/c1-3-5-11-7-8-13(17-2)14(10-11)19-15-12(16)6-4-9-18-15/h4,6,9,11,13-14,17H,3,5,7-8,10H2,1-2H3. The van der Waals surface area contributed by atoms with E-state index in [2.05, 4.69) is 46.3 Å². The van der Waals surface area contributed by atoms with Crippen molar-refractivity contribution in [3.63, 3.8) is 0 Å². The highest BCUT2D eigenvalue weighted by Crippen LogP contribution is 2.39. The molecule has 1 aromatic heterocycles. The van der Waals surface area contributed by atoms with Crippen LogP contribution in [-0.2, 0) is 0 Å². The van der Waals surface area contributed by atoms with Crippen LogP contribution < -0.4 is 5.32 Å². The van der Waals surface area contributed by atoms with E-state index in [1.807, 2.05) is 24.0 Å². The monoisotopic (exact) mass is 342 g/mol. The topological polar surface area (TPSA) is 24.9 Å². The Bertz CT molecular complexity index is 399. The van der Waals surface area contributed by atoms with Gasteiger partial charge in [0, 0.05) is 22.0 Å². The Morgan fingerprint density at radius 3 is 3.00 bits per heavy atom. The van der Waals surface area contributed by atoms with E-state index in [1.54, 1.807) is 0 Å². The minimum absolute atomic E-state index is 0.618. The van der Waals surface area contributed by atoms with Crippen LogP contribution in [0.1, 0.15) is 39.0 Å². The second-order valence-electron chi connectivity index (χ2n) is 5.31. The van der Waals surface area contributed by atoms with Crippen LogP contribution in [0.5, 0.6) is 0 Å². The van der Waals surface area contributed by atoms with Crippen molar-refractivity contribution in [3.8, 4) is 0 Å². The molecule has 0 bridgehead atoms. The number of hydrogen-bond acceptors (Lipinski definition) is 3. The zero-order chi connectivity index (χ0) is 13.7. The van der Waals surface area contributed by atoms with Crippen LogP contribution in [0.4, 0.5) is 0 Å². The van der Waals surface area contributed by atoms with Crippen molar-refractivity contribution >= 4 is 27.7 Å². The quantitative estimate of drug-likeness (QED) is 0.852. The summed E-state index contributed by atoms with van der Waals surface area (Å²) in [6.07, 6.45) is 8.54. The molecule has 0 aromatic carbocycles. The first-order valence-electron chi connectivity index (χ1n) is 7.19. The van der Waals surface area contributed by atoms with Crippen LogP contribution >= 0.6 is 27.7 Å². The third-order valence-corrected chi connectivity index (χ3v) is 6.23. The fourth-order valence-electron chi connectivity index (χ4n) is 2.94. The van der Waals surface area contributed by atoms with Gasteiger partial charge in [0.15, 0.2) is 0 Å². The van der Waals surface area contributed by atoms with E-state index in [9.17, 15) is 0 Å². The lowest BCUT2D eigenvalue weighted by atomic mass is 9.83. The molecule has 0 spiro atoms. The Morgan fingerprint density at radius 1 is 1.47 bits per heavy atom. The van der Waals surface area contributed by atoms with Crippen LogP contribution in [0.2, 0.25) is 0 Å². The molecule has 3 atom stereocenters. The summed E-state index contributed by atoms with van der Waals surface area (Å²) in [6, 6.07) is 4.67. The number of rotatable bonds is 5. The van der Waals surface area contributed by atoms with Gasteiger partial charge in [0.25, 0.3) is 0 Å². The molecule has 2 nitrogen and oxygen atoms in total. The molecule has 1 N–H and O–H groups in total. The highest BCUT2D eigenvalue weighted by molar-refractivity contribution is 9.10. The van der Waals surface area contributed by atoms with Gasteiger partial charge in [0.1, 0.15) is 5.03 Å². The van der Waals surface area contributed by atoms with E-state index in [1.165, 1.54) is 32.1 Å². The maximum absolute atomic E-state index is 4.50. The van der Waals surface area contributed by atoms with Gasteiger partial charge >= 0.3 is 0 Å². The van der Waals surface area contributed by atoms with Gasteiger partial charge in [-0.25, -0.2) is 4.98 Å². The van der Waals surface area contributed by atoms with Crippen LogP contribution in [0, 0.1) is 5.92 Å². The Balaban J connectivity index is 2.04. The molecule has 1 saturated carbocycles. The van der Waals surface area contributed by atoms with E-state index in [-0.39, 0.29) is 0 Å². The van der Waals surface area contributed by atoms with Crippen molar-refractivity contribution in [2.45, 2.75) is 55.3 Å². The lowest BCUT2D eigenvalue weighted by Crippen LogP contribution is -2.40. The van der Waals surface area contributed by atoms with Gasteiger partial charge in [-0.1, -0.05) is 19.8 Å². The van der Waals surface area contributed by atoms with Gasteiger partial charge in [-0.3, -0.25) is 0 Å². The molecule has 0 saturated heterocycles. The van der Waals surface area contributed by atoms with Crippen molar-refractivity contribution in [1.82, 2.24) is 10.3 Å². The number of nitrogens with zero attached hydrogens (tertiary/aromatic N) is 1. The third kappa shape index (κ3) is 4.20. The number of nitrogens with one attached hydrogen (secondary N) is 1. The second kappa shape index (κ2) is 7.65. The first-order valence-corrected chi connectivity index (χ1v) is 8.86. The minimum atomic E-state index is 0.618. The van der Waals surface area contributed by atoms with E-state index in [0.29, 0.717) is 11.3 Å². The molecule has 1 aliphatic carbocycles. The van der Waals surface area contributed by atoms with Gasteiger partial charge in [0.05, 0.1) is 0 Å². The first kappa shape index (κ1) is 15.3. The summed E-state index contributed by atoms with van der Waals surface area (Å²) in [7, 11) is 2.09. The van der Waals surface area contributed by atoms with Gasteiger partial charge in [-0.15, -0.1) is 11.8 Å². The number of thioether (sulfide) groups is 1. The fraction of sp³-hybridized carbons (Fsp3) is 0.667. The number of aromatic nitrogens is 1. The molecule has 0 amide bonds. The molecule has 0 aliphatic heterocycles. The van der Waals surface area contributed by atoms with Gasteiger partial charge in [-0.2, -0.15) is 0 Å². The van der Waals surface area contributed by atoms with Crippen LogP contribution in [0.3, 0.4) is 0 Å². The van der Waals surface area contributed by atoms with E-state index >= 15 is 0 Å². The molecule has 19 heavy (non-hydrogen) atoms. The normalized spacial score (nSPS) is 27.4. The summed E-state index contributed by atoms with van der Waals surface area (Å²) in [4.78, 5) is 4.50. The molecule has 4 heteroatoms. The molecular weight excluding hydrogens is 320 g/mol. The van der Waals surface area contributed by atoms with Crippen molar-refractivity contribution in [2.24, 2.45) is 5.92 Å². The summed E-state index contributed by atoms with van der Waals surface area (Å²) in [6.45, 7) is 2.29. The average Bonchev–Trinajstić information content (AvgIpc) is 2.42. The molecule has 1 aliphatic rings. The lowest BCUT2D eigenvalue weighted by Gasteiger charge is -2.35. The predicted molar refractivity (Wildman–Crippen MR) is 86.7 cm³/mol. The summed E-state index contributed by atoms with van der Waals surface area (Å²) in [5.74, 6) is 0.898. The average molecular weight is 343 g/mol. The maximum atomic E-state index is 4.50. The predicted octanol–water partition coefficient (Wildman–Crippen LogP) is 4.49. The molecular formula is C15H23BrN2S. The molecule has 1 aromatic rings. The smallest absolute Gasteiger partial charge is 0.110 e. The summed E-state index contributed by atoms with van der Waals surface area (Å²) >= 11 is 5.54. The van der Waals surface area contributed by atoms with Gasteiger partial charge in [0.2, 0.25) is 0 Å². The maximum Gasteiger partial charge on any atom is 0.110 e. The largest absolute Gasteiger partial charge is 0.316 e. The Labute approximate surface area is 129 Å². The first-order chi connectivity index (χ1) is 9.24. The summed E-state index contributed by atoms with van der Waals surface area (Å²) in [5.41, 5.74) is 0. The number of hydrogen-bond donors (Lipinski definition) is 1. The highest BCUT2D eigenvalue weighted by atomic mass is 79.9. The summed E-state index contributed by atoms with van der Waals surface area (Å²) in [5, 5.41) is 5.26. The SMILES string of the molecule is CCCC1CCC(NC)C(Sc2ncccc2Br)C1. The van der Waals surface area contributed by atoms with E-state index in [0.717, 1.165) is 15.4 Å². The zero-order valence-electron chi connectivity index (χ0n) is 11.7. The highest BCUT2D eigenvalue weighted by Gasteiger charge is 2.30. The molecule has 106 valence electrons.